The molecule has 0 saturated carbocycles. The van der Waals surface area contributed by atoms with Gasteiger partial charge in [-0.1, -0.05) is 11.6 Å². The summed E-state index contributed by atoms with van der Waals surface area (Å²) in [4.78, 5) is 10.1. The number of nitroso groups, excluding NO2 is 1. The number of halogens is 4. The summed E-state index contributed by atoms with van der Waals surface area (Å²) in [6, 6.07) is 0. The standard InChI is InChI=1S/C7H7ClF3N3O/c1-4-5(6(8)13-15)2-12-14(4)3-7(9,10)11/h2,6H,3H2,1H3. The van der Waals surface area contributed by atoms with Gasteiger partial charge in [0.05, 0.1) is 6.20 Å². The Bertz CT molecular complexity index is 363. The van der Waals surface area contributed by atoms with E-state index >= 15 is 0 Å². The Morgan fingerprint density at radius 1 is 1.67 bits per heavy atom. The molecule has 0 saturated heterocycles. The van der Waals surface area contributed by atoms with E-state index in [1.807, 2.05) is 0 Å². The summed E-state index contributed by atoms with van der Waals surface area (Å²) in [6.45, 7) is 0.190. The normalized spacial score (nSPS) is 13.9. The van der Waals surface area contributed by atoms with Crippen LogP contribution in [0.4, 0.5) is 13.2 Å². The van der Waals surface area contributed by atoms with Crippen molar-refractivity contribution in [2.45, 2.75) is 25.1 Å². The topological polar surface area (TPSA) is 47.2 Å². The van der Waals surface area contributed by atoms with Gasteiger partial charge >= 0.3 is 6.18 Å². The van der Waals surface area contributed by atoms with E-state index in [0.29, 0.717) is 0 Å². The molecule has 4 nitrogen and oxygen atoms in total. The lowest BCUT2D eigenvalue weighted by atomic mass is 10.2. The fraction of sp³-hybridized carbons (Fsp3) is 0.571. The second-order valence-electron chi connectivity index (χ2n) is 2.90. The van der Waals surface area contributed by atoms with Gasteiger partial charge < -0.3 is 0 Å². The van der Waals surface area contributed by atoms with E-state index in [9.17, 15) is 18.1 Å². The van der Waals surface area contributed by atoms with Crippen LogP contribution in [0, 0.1) is 11.8 Å². The lowest BCUT2D eigenvalue weighted by Gasteiger charge is -2.08. The molecule has 0 aliphatic rings. The zero-order valence-electron chi connectivity index (χ0n) is 7.62. The van der Waals surface area contributed by atoms with E-state index in [0.717, 1.165) is 10.9 Å². The van der Waals surface area contributed by atoms with Crippen molar-refractivity contribution in [1.29, 1.82) is 0 Å². The lowest BCUT2D eigenvalue weighted by molar-refractivity contribution is -0.142. The minimum Gasteiger partial charge on any atom is -0.260 e. The van der Waals surface area contributed by atoms with Gasteiger partial charge in [-0.05, 0) is 12.1 Å². The molecule has 0 aliphatic carbocycles. The first-order chi connectivity index (χ1) is 6.85. The summed E-state index contributed by atoms with van der Waals surface area (Å²) >= 11 is 5.47. The first-order valence-corrected chi connectivity index (χ1v) is 4.34. The van der Waals surface area contributed by atoms with Crippen LogP contribution in [-0.4, -0.2) is 16.0 Å². The summed E-state index contributed by atoms with van der Waals surface area (Å²) in [5, 5.41) is 5.99. The molecule has 84 valence electrons. The molecular weight excluding hydrogens is 235 g/mol. The first-order valence-electron chi connectivity index (χ1n) is 3.90. The average molecular weight is 242 g/mol. The van der Waals surface area contributed by atoms with E-state index in [2.05, 4.69) is 10.3 Å². The van der Waals surface area contributed by atoms with Crippen molar-refractivity contribution < 1.29 is 13.2 Å². The molecular formula is C7H7ClF3N3O. The highest BCUT2D eigenvalue weighted by atomic mass is 35.5. The molecule has 0 fully saturated rings. The third-order valence-corrected chi connectivity index (χ3v) is 2.13. The largest absolute Gasteiger partial charge is 0.408 e. The van der Waals surface area contributed by atoms with Gasteiger partial charge in [0.25, 0.3) is 0 Å². The van der Waals surface area contributed by atoms with Crippen LogP contribution in [-0.2, 0) is 6.54 Å². The highest BCUT2D eigenvalue weighted by Gasteiger charge is 2.30. The Kier molecular flexibility index (Phi) is 3.33. The maximum atomic E-state index is 12.0. The van der Waals surface area contributed by atoms with Gasteiger partial charge in [-0.15, -0.1) is 4.91 Å². The zero-order chi connectivity index (χ0) is 11.6. The monoisotopic (exact) mass is 241 g/mol. The molecule has 1 atom stereocenters. The van der Waals surface area contributed by atoms with E-state index in [1.54, 1.807) is 0 Å². The SMILES string of the molecule is Cc1c(C(Cl)N=O)cnn1CC(F)(F)F. The van der Waals surface area contributed by atoms with Crippen molar-refractivity contribution >= 4 is 11.6 Å². The van der Waals surface area contributed by atoms with Gasteiger partial charge in [0.2, 0.25) is 0 Å². The van der Waals surface area contributed by atoms with Crippen molar-refractivity contribution in [1.82, 2.24) is 9.78 Å². The Labute approximate surface area is 88.0 Å². The van der Waals surface area contributed by atoms with Gasteiger partial charge in [-0.2, -0.15) is 18.3 Å². The van der Waals surface area contributed by atoms with Crippen molar-refractivity contribution in [3.8, 4) is 0 Å². The molecule has 1 aromatic rings. The smallest absolute Gasteiger partial charge is 0.260 e. The Morgan fingerprint density at radius 3 is 2.73 bits per heavy atom. The second kappa shape index (κ2) is 4.18. The van der Waals surface area contributed by atoms with Crippen LogP contribution < -0.4 is 0 Å². The van der Waals surface area contributed by atoms with Crippen LogP contribution >= 0.6 is 11.6 Å². The highest BCUT2D eigenvalue weighted by molar-refractivity contribution is 6.20. The molecule has 0 spiro atoms. The van der Waals surface area contributed by atoms with Crippen LogP contribution in [0.5, 0.6) is 0 Å². The van der Waals surface area contributed by atoms with E-state index in [4.69, 9.17) is 11.6 Å². The summed E-state index contributed by atoms with van der Waals surface area (Å²) in [6.07, 6.45) is -3.25. The molecule has 8 heteroatoms. The van der Waals surface area contributed by atoms with Crippen molar-refractivity contribution in [2.24, 2.45) is 5.18 Å². The van der Waals surface area contributed by atoms with Gasteiger partial charge in [0, 0.05) is 11.3 Å². The summed E-state index contributed by atoms with van der Waals surface area (Å²) < 4.78 is 36.8. The second-order valence-corrected chi connectivity index (χ2v) is 3.31. The van der Waals surface area contributed by atoms with E-state index in [-0.39, 0.29) is 11.3 Å². The van der Waals surface area contributed by atoms with Crippen LogP contribution in [0.3, 0.4) is 0 Å². The number of rotatable bonds is 3. The molecule has 0 N–H and O–H groups in total. The Hall–Kier alpha value is -1.11. The fourth-order valence-corrected chi connectivity index (χ4v) is 1.30. The maximum Gasteiger partial charge on any atom is 0.408 e. The molecule has 0 radical (unpaired) electrons. The number of aromatic nitrogens is 2. The third kappa shape index (κ3) is 2.92. The summed E-state index contributed by atoms with van der Waals surface area (Å²) in [7, 11) is 0. The molecule has 0 aromatic carbocycles. The van der Waals surface area contributed by atoms with Crippen molar-refractivity contribution in [2.75, 3.05) is 0 Å². The van der Waals surface area contributed by atoms with E-state index in [1.165, 1.54) is 6.92 Å². The first kappa shape index (κ1) is 12.0. The predicted molar refractivity (Wildman–Crippen MR) is 47.4 cm³/mol. The zero-order valence-corrected chi connectivity index (χ0v) is 8.38. The van der Waals surface area contributed by atoms with Crippen molar-refractivity contribution in [3.05, 3.63) is 22.4 Å². The molecule has 0 bridgehead atoms. The molecule has 0 amide bonds. The average Bonchev–Trinajstić information content (AvgIpc) is 2.45. The van der Waals surface area contributed by atoms with Crippen LogP contribution in [0.2, 0.25) is 0 Å². The summed E-state index contributed by atoms with van der Waals surface area (Å²) in [5.74, 6) is 0. The summed E-state index contributed by atoms with van der Waals surface area (Å²) in [5.41, 5.74) is -0.824. The minimum atomic E-state index is -4.36. The van der Waals surface area contributed by atoms with Gasteiger partial charge in [0.15, 0.2) is 5.50 Å². The molecule has 1 heterocycles. The number of hydrogen-bond donors (Lipinski definition) is 0. The Balaban J connectivity index is 2.94. The molecule has 0 aliphatic heterocycles. The number of alkyl halides is 4. The molecule has 15 heavy (non-hydrogen) atoms. The molecule has 1 rings (SSSR count). The van der Waals surface area contributed by atoms with Gasteiger partial charge in [-0.3, -0.25) is 4.68 Å². The van der Waals surface area contributed by atoms with Gasteiger partial charge in [-0.25, -0.2) is 0 Å². The van der Waals surface area contributed by atoms with Crippen LogP contribution in [0.25, 0.3) is 0 Å². The van der Waals surface area contributed by atoms with Crippen LogP contribution in [0.1, 0.15) is 16.8 Å². The van der Waals surface area contributed by atoms with Crippen molar-refractivity contribution in [3.63, 3.8) is 0 Å². The number of nitrogens with zero attached hydrogens (tertiary/aromatic N) is 3. The minimum absolute atomic E-state index is 0.187. The van der Waals surface area contributed by atoms with Gasteiger partial charge in [0.1, 0.15) is 6.54 Å². The fourth-order valence-electron chi connectivity index (χ4n) is 1.08. The van der Waals surface area contributed by atoms with Crippen LogP contribution in [0.15, 0.2) is 11.4 Å². The molecule has 1 aromatic heterocycles. The maximum absolute atomic E-state index is 12.0. The third-order valence-electron chi connectivity index (χ3n) is 1.82. The van der Waals surface area contributed by atoms with E-state index < -0.39 is 18.2 Å². The number of hydrogen-bond acceptors (Lipinski definition) is 3. The highest BCUT2D eigenvalue weighted by Crippen LogP contribution is 2.26. The lowest BCUT2D eigenvalue weighted by Crippen LogP contribution is -2.19. The predicted octanol–water partition coefficient (Wildman–Crippen LogP) is 2.76. The molecule has 1 unspecified atom stereocenters. The quantitative estimate of drug-likeness (QED) is 0.464. The Morgan fingerprint density at radius 2 is 2.27 bits per heavy atom.